The third-order valence-corrected chi connectivity index (χ3v) is 5.93. The topological polar surface area (TPSA) is 53.4 Å². The number of nitrogens with zero attached hydrogens (tertiary/aromatic N) is 4. The lowest BCUT2D eigenvalue weighted by Gasteiger charge is -2.27. The van der Waals surface area contributed by atoms with E-state index >= 15 is 0 Å². The van der Waals surface area contributed by atoms with Gasteiger partial charge in [-0.05, 0) is 41.7 Å². The van der Waals surface area contributed by atoms with Gasteiger partial charge in [-0.3, -0.25) is 0 Å². The molecule has 0 fully saturated rings. The van der Waals surface area contributed by atoms with Crippen molar-refractivity contribution in [3.63, 3.8) is 0 Å². The van der Waals surface area contributed by atoms with E-state index < -0.39 is 0 Å². The van der Waals surface area contributed by atoms with Gasteiger partial charge < -0.3 is 10.2 Å². The van der Waals surface area contributed by atoms with Gasteiger partial charge in [0.15, 0.2) is 0 Å². The van der Waals surface area contributed by atoms with Gasteiger partial charge in [-0.1, -0.05) is 90.3 Å². The first-order chi connectivity index (χ1) is 17.7. The number of unbranched alkanes of at least 4 members (excludes halogenated alkanes) is 3. The van der Waals surface area contributed by atoms with Gasteiger partial charge in [0.05, 0.1) is 17.7 Å². The Morgan fingerprint density at radius 1 is 0.972 bits per heavy atom. The summed E-state index contributed by atoms with van der Waals surface area (Å²) in [4.78, 5) is 16.0. The second-order valence-corrected chi connectivity index (χ2v) is 8.70. The van der Waals surface area contributed by atoms with Crippen molar-refractivity contribution in [3.8, 4) is 11.3 Å². The summed E-state index contributed by atoms with van der Waals surface area (Å²) in [5.41, 5.74) is 7.08. The maximum absolute atomic E-state index is 4.91. The normalized spacial score (nSPS) is 13.5. The predicted octanol–water partition coefficient (Wildman–Crippen LogP) is 8.10. The zero-order valence-corrected chi connectivity index (χ0v) is 23.4. The molecule has 1 aliphatic carbocycles. The Kier molecular flexibility index (Phi) is 12.7. The van der Waals surface area contributed by atoms with E-state index in [0.717, 1.165) is 36.7 Å². The minimum absolute atomic E-state index is 0.294. The number of aromatic nitrogens is 2. The summed E-state index contributed by atoms with van der Waals surface area (Å²) in [6.45, 7) is 11.2. The minimum atomic E-state index is 0.294. The zero-order valence-electron chi connectivity index (χ0n) is 23.4. The van der Waals surface area contributed by atoms with E-state index in [1.165, 1.54) is 41.5 Å². The maximum Gasteiger partial charge on any atom is 0.223 e. The predicted molar refractivity (Wildman–Crippen MR) is 157 cm³/mol. The van der Waals surface area contributed by atoms with Gasteiger partial charge in [0.25, 0.3) is 0 Å². The lowest BCUT2D eigenvalue weighted by atomic mass is 9.78. The largest absolute Gasteiger partial charge is 0.369 e. The number of benzene rings is 2. The molecule has 0 spiro atoms. The second-order valence-electron chi connectivity index (χ2n) is 8.70. The Morgan fingerprint density at radius 2 is 1.69 bits per heavy atom. The Hall–Kier alpha value is -3.21. The highest BCUT2D eigenvalue weighted by molar-refractivity contribution is 5.72. The molecule has 1 aromatic heterocycles. The van der Waals surface area contributed by atoms with Crippen LogP contribution in [-0.4, -0.2) is 41.8 Å². The van der Waals surface area contributed by atoms with Crippen molar-refractivity contribution in [2.75, 3.05) is 26.0 Å². The molecule has 1 aliphatic rings. The number of hydrogen-bond acceptors (Lipinski definition) is 4. The number of hydrogen-bond donors (Lipinski definition) is 1. The van der Waals surface area contributed by atoms with Gasteiger partial charge in [0.1, 0.15) is 0 Å². The Bertz CT molecular complexity index is 1060. The maximum atomic E-state index is 4.91. The molecule has 5 heteroatoms. The fourth-order valence-electron chi connectivity index (χ4n) is 4.25. The summed E-state index contributed by atoms with van der Waals surface area (Å²) in [5.74, 6) is 1.03. The van der Waals surface area contributed by atoms with Crippen LogP contribution in [0.25, 0.3) is 11.3 Å². The first-order valence-electron chi connectivity index (χ1n) is 13.7. The molecule has 1 heterocycles. The highest BCUT2D eigenvalue weighted by Crippen LogP contribution is 2.42. The van der Waals surface area contributed by atoms with E-state index in [9.17, 15) is 0 Å². The van der Waals surface area contributed by atoms with E-state index in [-0.39, 0.29) is 0 Å². The Balaban J connectivity index is 0.00000109. The molecule has 194 valence electrons. The molecule has 5 nitrogen and oxygen atoms in total. The van der Waals surface area contributed by atoms with Crippen LogP contribution in [0.15, 0.2) is 59.7 Å². The van der Waals surface area contributed by atoms with Crippen molar-refractivity contribution in [1.82, 2.24) is 14.9 Å². The van der Waals surface area contributed by atoms with Crippen molar-refractivity contribution in [3.05, 3.63) is 71.4 Å². The van der Waals surface area contributed by atoms with Crippen LogP contribution < -0.4 is 5.32 Å². The average Bonchev–Trinajstić information content (AvgIpc) is 2.94. The van der Waals surface area contributed by atoms with E-state index in [4.69, 9.17) is 4.98 Å². The van der Waals surface area contributed by atoms with Gasteiger partial charge >= 0.3 is 0 Å². The van der Waals surface area contributed by atoms with Crippen LogP contribution in [0.2, 0.25) is 0 Å². The molecule has 0 saturated carbocycles. The van der Waals surface area contributed by atoms with Gasteiger partial charge in [-0.15, -0.1) is 0 Å². The first kappa shape index (κ1) is 29.0. The molecule has 2 aromatic carbocycles. The van der Waals surface area contributed by atoms with Crippen molar-refractivity contribution in [2.24, 2.45) is 4.99 Å². The minimum Gasteiger partial charge on any atom is -0.369 e. The van der Waals surface area contributed by atoms with E-state index in [2.05, 4.69) is 70.7 Å². The second kappa shape index (κ2) is 15.7. The van der Waals surface area contributed by atoms with E-state index in [1.807, 2.05) is 59.2 Å². The molecule has 1 atom stereocenters. The molecular weight excluding hydrogens is 442 g/mol. The van der Waals surface area contributed by atoms with Crippen LogP contribution in [0.3, 0.4) is 0 Å². The lowest BCUT2D eigenvalue weighted by Crippen LogP contribution is -2.15. The van der Waals surface area contributed by atoms with E-state index in [1.54, 1.807) is 0 Å². The summed E-state index contributed by atoms with van der Waals surface area (Å²) in [6, 6.07) is 17.2. The zero-order chi connectivity index (χ0) is 26.3. The molecule has 3 aromatic rings. The van der Waals surface area contributed by atoms with Crippen molar-refractivity contribution in [1.29, 1.82) is 0 Å². The summed E-state index contributed by atoms with van der Waals surface area (Å²) < 4.78 is 0. The first-order valence-corrected chi connectivity index (χ1v) is 13.7. The summed E-state index contributed by atoms with van der Waals surface area (Å²) in [7, 11) is 3.95. The molecule has 0 aliphatic heterocycles. The smallest absolute Gasteiger partial charge is 0.223 e. The highest BCUT2D eigenvalue weighted by Gasteiger charge is 2.27. The van der Waals surface area contributed by atoms with Gasteiger partial charge in [0, 0.05) is 38.3 Å². The number of aliphatic imine (C=N–C) groups is 1. The standard InChI is InChI=1S/C27H33N5.2C2H6/c1-4-5-6-9-16-28-27-29-18-21-17-25(23-10-7-8-11-24(23)26(21)31-27)20-12-14-22(15-13-20)30-19-32(2)3;2*1-2/h7-8,10-15,18-19,25H,4-6,9,16-17H2,1-3H3,(H,28,29,31);2*1-2H3. The number of rotatable bonds is 9. The SMILES string of the molecule is CC.CC.CCCCCCNc1ncc2c(n1)-c1ccccc1C(c1ccc(N=CN(C)C)cc1)C2. The van der Waals surface area contributed by atoms with E-state index in [0.29, 0.717) is 5.92 Å². The highest BCUT2D eigenvalue weighted by atomic mass is 15.1. The number of fused-ring (bicyclic) bond motifs is 3. The van der Waals surface area contributed by atoms with Gasteiger partial charge in [-0.25, -0.2) is 15.0 Å². The fourth-order valence-corrected chi connectivity index (χ4v) is 4.25. The van der Waals surface area contributed by atoms with Crippen LogP contribution in [0.4, 0.5) is 11.6 Å². The van der Waals surface area contributed by atoms with Crippen LogP contribution in [0.1, 0.15) is 82.9 Å². The molecule has 0 amide bonds. The fraction of sp³-hybridized carbons (Fsp3) is 0.452. The van der Waals surface area contributed by atoms with Gasteiger partial charge in [0.2, 0.25) is 5.95 Å². The summed E-state index contributed by atoms with van der Waals surface area (Å²) >= 11 is 0. The van der Waals surface area contributed by atoms with Crippen molar-refractivity contribution < 1.29 is 0 Å². The van der Waals surface area contributed by atoms with Crippen LogP contribution in [-0.2, 0) is 6.42 Å². The lowest BCUT2D eigenvalue weighted by molar-refractivity contribution is 0.643. The monoisotopic (exact) mass is 487 g/mol. The van der Waals surface area contributed by atoms with Crippen LogP contribution in [0, 0.1) is 0 Å². The Morgan fingerprint density at radius 3 is 2.39 bits per heavy atom. The Labute approximate surface area is 219 Å². The van der Waals surface area contributed by atoms with Gasteiger partial charge in [-0.2, -0.15) is 0 Å². The molecule has 36 heavy (non-hydrogen) atoms. The average molecular weight is 488 g/mol. The quantitative estimate of drug-likeness (QED) is 0.188. The third kappa shape index (κ3) is 7.91. The molecule has 0 bridgehead atoms. The molecule has 0 radical (unpaired) electrons. The summed E-state index contributed by atoms with van der Waals surface area (Å²) in [5, 5.41) is 3.41. The van der Waals surface area contributed by atoms with Crippen LogP contribution >= 0.6 is 0 Å². The molecule has 4 rings (SSSR count). The van der Waals surface area contributed by atoms with Crippen molar-refractivity contribution >= 4 is 18.0 Å². The molecule has 0 saturated heterocycles. The number of nitrogens with one attached hydrogen (secondary N) is 1. The molecular formula is C31H45N5. The third-order valence-electron chi connectivity index (χ3n) is 5.93. The van der Waals surface area contributed by atoms with Crippen molar-refractivity contribution in [2.45, 2.75) is 72.6 Å². The molecule has 1 unspecified atom stereocenters. The van der Waals surface area contributed by atoms with Crippen LogP contribution in [0.5, 0.6) is 0 Å². The number of anilines is 1. The molecule has 1 N–H and O–H groups in total. The summed E-state index contributed by atoms with van der Waals surface area (Å²) in [6.07, 6.45) is 9.68.